The smallest absolute Gasteiger partial charge is 0.323 e. The quantitative estimate of drug-likeness (QED) is 0.496. The van der Waals surface area contributed by atoms with Gasteiger partial charge in [0, 0.05) is 14.2 Å². The van der Waals surface area contributed by atoms with Crippen LogP contribution in [0.4, 0.5) is 0 Å². The molecule has 1 rings (SSSR count). The Balaban J connectivity index is 2.48. The fourth-order valence-electron chi connectivity index (χ4n) is 1.99. The second-order valence-electron chi connectivity index (χ2n) is 3.81. The first-order valence-electron chi connectivity index (χ1n) is 5.69. The lowest BCUT2D eigenvalue weighted by atomic mass is 10.2. The molecule has 0 aliphatic carbocycles. The lowest BCUT2D eigenvalue weighted by molar-refractivity contribution is -0.152. The van der Waals surface area contributed by atoms with Crippen molar-refractivity contribution in [2.75, 3.05) is 33.9 Å². The number of hydrogen-bond acceptors (Lipinski definition) is 5. The average molecular weight is 231 g/mol. The van der Waals surface area contributed by atoms with Gasteiger partial charge in [-0.2, -0.15) is 0 Å². The van der Waals surface area contributed by atoms with E-state index >= 15 is 0 Å². The molecule has 5 nitrogen and oxygen atoms in total. The third-order valence-corrected chi connectivity index (χ3v) is 2.83. The Hall–Kier alpha value is -0.650. The summed E-state index contributed by atoms with van der Waals surface area (Å²) in [6.07, 6.45) is 1.60. The molecule has 0 amide bonds. The van der Waals surface area contributed by atoms with Crippen LogP contribution in [0.25, 0.3) is 0 Å². The molecule has 1 unspecified atom stereocenters. The maximum Gasteiger partial charge on any atom is 0.323 e. The van der Waals surface area contributed by atoms with Gasteiger partial charge in [-0.05, 0) is 26.3 Å². The molecule has 0 saturated carbocycles. The van der Waals surface area contributed by atoms with Crippen LogP contribution in [0.5, 0.6) is 0 Å². The zero-order valence-corrected chi connectivity index (χ0v) is 10.3. The zero-order chi connectivity index (χ0) is 12.0. The first-order valence-corrected chi connectivity index (χ1v) is 5.69. The van der Waals surface area contributed by atoms with Gasteiger partial charge in [0.05, 0.1) is 13.2 Å². The number of likely N-dealkylation sites (tertiary alicyclic amines) is 1. The van der Waals surface area contributed by atoms with E-state index < -0.39 is 0 Å². The molecule has 0 radical (unpaired) electrons. The molecule has 0 aromatic carbocycles. The molecule has 0 spiro atoms. The number of carbonyl (C=O) groups is 1. The van der Waals surface area contributed by atoms with Crippen LogP contribution < -0.4 is 0 Å². The van der Waals surface area contributed by atoms with E-state index in [9.17, 15) is 4.79 Å². The molecule has 0 bridgehead atoms. The molecule has 0 aromatic rings. The van der Waals surface area contributed by atoms with Gasteiger partial charge < -0.3 is 14.2 Å². The van der Waals surface area contributed by atoms with Crippen LogP contribution in [0.15, 0.2) is 0 Å². The molecule has 1 saturated heterocycles. The number of methoxy groups -OCH3 is 2. The summed E-state index contributed by atoms with van der Waals surface area (Å²) in [5.74, 6) is -0.133. The second-order valence-corrected chi connectivity index (χ2v) is 3.81. The van der Waals surface area contributed by atoms with Crippen LogP contribution in [0.3, 0.4) is 0 Å². The van der Waals surface area contributed by atoms with Crippen molar-refractivity contribution < 1.29 is 19.0 Å². The SMILES string of the molecule is CCOC(=O)C1CCCN1CC(OC)OC. The van der Waals surface area contributed by atoms with E-state index in [1.807, 2.05) is 6.92 Å². The third-order valence-electron chi connectivity index (χ3n) is 2.83. The minimum atomic E-state index is -0.282. The van der Waals surface area contributed by atoms with Gasteiger partial charge in [-0.15, -0.1) is 0 Å². The summed E-state index contributed by atoms with van der Waals surface area (Å²) in [6, 6.07) is -0.132. The van der Waals surface area contributed by atoms with Crippen molar-refractivity contribution in [1.82, 2.24) is 4.90 Å². The van der Waals surface area contributed by atoms with Crippen molar-refractivity contribution in [2.45, 2.75) is 32.1 Å². The molecule has 94 valence electrons. The third kappa shape index (κ3) is 3.43. The van der Waals surface area contributed by atoms with Crippen molar-refractivity contribution in [3.8, 4) is 0 Å². The summed E-state index contributed by atoms with van der Waals surface area (Å²) in [6.45, 7) is 3.76. The first kappa shape index (κ1) is 13.4. The summed E-state index contributed by atoms with van der Waals surface area (Å²) >= 11 is 0. The van der Waals surface area contributed by atoms with Crippen LogP contribution in [0, 0.1) is 0 Å². The predicted octanol–water partition coefficient (Wildman–Crippen LogP) is 0.633. The summed E-state index contributed by atoms with van der Waals surface area (Å²) in [5.41, 5.74) is 0. The predicted molar refractivity (Wildman–Crippen MR) is 59.0 cm³/mol. The Morgan fingerprint density at radius 1 is 1.44 bits per heavy atom. The fraction of sp³-hybridized carbons (Fsp3) is 0.909. The number of esters is 1. The summed E-state index contributed by atoms with van der Waals surface area (Å²) < 4.78 is 15.3. The van der Waals surface area contributed by atoms with Crippen molar-refractivity contribution >= 4 is 5.97 Å². The molecule has 16 heavy (non-hydrogen) atoms. The number of carbonyl (C=O) groups excluding carboxylic acids is 1. The highest BCUT2D eigenvalue weighted by atomic mass is 16.7. The minimum Gasteiger partial charge on any atom is -0.465 e. The Morgan fingerprint density at radius 3 is 2.69 bits per heavy atom. The molecule has 0 N–H and O–H groups in total. The standard InChI is InChI=1S/C11H21NO4/c1-4-16-11(13)9-6-5-7-12(9)8-10(14-2)15-3/h9-10H,4-8H2,1-3H3. The number of hydrogen-bond donors (Lipinski definition) is 0. The molecule has 1 fully saturated rings. The van der Waals surface area contributed by atoms with Crippen LogP contribution in [-0.2, 0) is 19.0 Å². The van der Waals surface area contributed by atoms with E-state index in [1.165, 1.54) is 0 Å². The maximum absolute atomic E-state index is 11.7. The van der Waals surface area contributed by atoms with E-state index in [2.05, 4.69) is 4.90 Å². The first-order chi connectivity index (χ1) is 7.72. The van der Waals surface area contributed by atoms with E-state index in [0.717, 1.165) is 19.4 Å². The van der Waals surface area contributed by atoms with Crippen LogP contribution in [0.2, 0.25) is 0 Å². The Morgan fingerprint density at radius 2 is 2.12 bits per heavy atom. The number of nitrogens with zero attached hydrogens (tertiary/aromatic N) is 1. The number of ether oxygens (including phenoxy) is 3. The van der Waals surface area contributed by atoms with E-state index in [0.29, 0.717) is 13.2 Å². The summed E-state index contributed by atoms with van der Waals surface area (Å²) in [4.78, 5) is 13.7. The lowest BCUT2D eigenvalue weighted by Crippen LogP contribution is -2.42. The highest BCUT2D eigenvalue weighted by molar-refractivity contribution is 5.76. The number of rotatable bonds is 6. The van der Waals surface area contributed by atoms with Gasteiger partial charge in [-0.25, -0.2) is 0 Å². The Labute approximate surface area is 96.6 Å². The molecule has 1 aliphatic rings. The molecule has 1 heterocycles. The van der Waals surface area contributed by atoms with E-state index in [1.54, 1.807) is 14.2 Å². The highest BCUT2D eigenvalue weighted by Gasteiger charge is 2.33. The molecule has 5 heteroatoms. The maximum atomic E-state index is 11.7. The lowest BCUT2D eigenvalue weighted by Gasteiger charge is -2.26. The Kier molecular flexibility index (Phi) is 5.73. The van der Waals surface area contributed by atoms with Crippen molar-refractivity contribution in [2.24, 2.45) is 0 Å². The van der Waals surface area contributed by atoms with Gasteiger partial charge in [0.1, 0.15) is 6.04 Å². The van der Waals surface area contributed by atoms with Crippen LogP contribution >= 0.6 is 0 Å². The average Bonchev–Trinajstić information content (AvgIpc) is 2.74. The molecular formula is C11H21NO4. The van der Waals surface area contributed by atoms with Gasteiger partial charge in [-0.1, -0.05) is 0 Å². The van der Waals surface area contributed by atoms with Crippen LogP contribution in [-0.4, -0.2) is 57.1 Å². The zero-order valence-electron chi connectivity index (χ0n) is 10.3. The van der Waals surface area contributed by atoms with E-state index in [-0.39, 0.29) is 18.3 Å². The minimum absolute atomic E-state index is 0.132. The van der Waals surface area contributed by atoms with Crippen molar-refractivity contribution in [1.29, 1.82) is 0 Å². The summed E-state index contributed by atoms with van der Waals surface area (Å²) in [5, 5.41) is 0. The largest absolute Gasteiger partial charge is 0.465 e. The van der Waals surface area contributed by atoms with Gasteiger partial charge in [-0.3, -0.25) is 9.69 Å². The molecular weight excluding hydrogens is 210 g/mol. The van der Waals surface area contributed by atoms with E-state index in [4.69, 9.17) is 14.2 Å². The molecule has 1 aliphatic heterocycles. The monoisotopic (exact) mass is 231 g/mol. The topological polar surface area (TPSA) is 48.0 Å². The van der Waals surface area contributed by atoms with Gasteiger partial charge in [0.2, 0.25) is 0 Å². The van der Waals surface area contributed by atoms with Crippen molar-refractivity contribution in [3.63, 3.8) is 0 Å². The van der Waals surface area contributed by atoms with Gasteiger partial charge >= 0.3 is 5.97 Å². The second kappa shape index (κ2) is 6.83. The van der Waals surface area contributed by atoms with Crippen molar-refractivity contribution in [3.05, 3.63) is 0 Å². The Bertz CT molecular complexity index is 218. The molecule has 0 aromatic heterocycles. The highest BCUT2D eigenvalue weighted by Crippen LogP contribution is 2.19. The van der Waals surface area contributed by atoms with Crippen LogP contribution in [0.1, 0.15) is 19.8 Å². The fourth-order valence-corrected chi connectivity index (χ4v) is 1.99. The molecule has 1 atom stereocenters. The van der Waals surface area contributed by atoms with Gasteiger partial charge in [0.15, 0.2) is 6.29 Å². The summed E-state index contributed by atoms with van der Waals surface area (Å²) in [7, 11) is 3.20. The normalized spacial score (nSPS) is 21.6. The van der Waals surface area contributed by atoms with Gasteiger partial charge in [0.25, 0.3) is 0 Å².